The van der Waals surface area contributed by atoms with E-state index in [0.29, 0.717) is 0 Å². The molecule has 18 heavy (non-hydrogen) atoms. The number of benzene rings is 1. The van der Waals surface area contributed by atoms with Crippen LogP contribution in [0.5, 0.6) is 0 Å². The Balaban J connectivity index is 2.08. The average Bonchev–Trinajstić information content (AvgIpc) is 2.93. The summed E-state index contributed by atoms with van der Waals surface area (Å²) in [5, 5.41) is 2.01. The van der Waals surface area contributed by atoms with Crippen LogP contribution in [0.3, 0.4) is 0 Å². The van der Waals surface area contributed by atoms with Gasteiger partial charge in [0.1, 0.15) is 0 Å². The molecule has 0 amide bonds. The third-order valence-corrected chi connectivity index (χ3v) is 3.68. The second kappa shape index (κ2) is 4.63. The van der Waals surface area contributed by atoms with Gasteiger partial charge < -0.3 is 0 Å². The molecule has 0 aliphatic heterocycles. The first-order valence-corrected chi connectivity index (χ1v) is 6.54. The van der Waals surface area contributed by atoms with Crippen LogP contribution in [-0.4, -0.2) is 4.57 Å². The maximum absolute atomic E-state index is 12.1. The van der Waals surface area contributed by atoms with E-state index in [1.807, 2.05) is 60.1 Å². The fourth-order valence-electron chi connectivity index (χ4n) is 1.88. The Bertz CT molecular complexity index is 699. The van der Waals surface area contributed by atoms with Crippen LogP contribution in [0.2, 0.25) is 0 Å². The molecule has 0 saturated heterocycles. The molecular weight excluding hydrogens is 242 g/mol. The molecule has 0 spiro atoms. The third kappa shape index (κ3) is 2.00. The molecule has 3 aromatic rings. The fraction of sp³-hybridized carbons (Fsp3) is 0. The van der Waals surface area contributed by atoms with Gasteiger partial charge in [-0.05, 0) is 35.2 Å². The Morgan fingerprint density at radius 2 is 1.78 bits per heavy atom. The van der Waals surface area contributed by atoms with Gasteiger partial charge in [-0.25, -0.2) is 0 Å². The monoisotopic (exact) mass is 253 g/mol. The molecule has 2 heterocycles. The van der Waals surface area contributed by atoms with Gasteiger partial charge in [0.05, 0.1) is 0 Å². The third-order valence-electron chi connectivity index (χ3n) is 2.76. The van der Waals surface area contributed by atoms with Crippen molar-refractivity contribution in [3.05, 3.63) is 76.5 Å². The van der Waals surface area contributed by atoms with Gasteiger partial charge in [-0.15, -0.1) is 11.3 Å². The Hall–Kier alpha value is -2.13. The molecule has 0 radical (unpaired) electrons. The van der Waals surface area contributed by atoms with Crippen molar-refractivity contribution >= 4 is 11.3 Å². The van der Waals surface area contributed by atoms with Crippen LogP contribution in [0.1, 0.15) is 0 Å². The van der Waals surface area contributed by atoms with Gasteiger partial charge in [-0.1, -0.05) is 24.3 Å². The number of pyridine rings is 1. The van der Waals surface area contributed by atoms with E-state index in [4.69, 9.17) is 0 Å². The predicted molar refractivity (Wildman–Crippen MR) is 75.4 cm³/mol. The van der Waals surface area contributed by atoms with Gasteiger partial charge in [0.2, 0.25) is 0 Å². The van der Waals surface area contributed by atoms with Gasteiger partial charge in [-0.2, -0.15) is 0 Å². The van der Waals surface area contributed by atoms with Crippen LogP contribution >= 0.6 is 11.3 Å². The van der Waals surface area contributed by atoms with Gasteiger partial charge in [0.25, 0.3) is 5.56 Å². The highest BCUT2D eigenvalue weighted by Crippen LogP contribution is 2.23. The Kier molecular flexibility index (Phi) is 2.82. The van der Waals surface area contributed by atoms with Crippen molar-refractivity contribution in [3.63, 3.8) is 0 Å². The van der Waals surface area contributed by atoms with Gasteiger partial charge in [0.15, 0.2) is 0 Å². The second-order valence-electron chi connectivity index (χ2n) is 3.94. The molecule has 1 aromatic carbocycles. The maximum Gasteiger partial charge on any atom is 0.255 e. The van der Waals surface area contributed by atoms with Gasteiger partial charge in [0, 0.05) is 22.8 Å². The minimum atomic E-state index is -0.00731. The van der Waals surface area contributed by atoms with Crippen LogP contribution < -0.4 is 5.56 Å². The van der Waals surface area contributed by atoms with E-state index >= 15 is 0 Å². The standard InChI is InChI=1S/C15H11NOS/c17-15-11-12(14-7-4-10-18-14)8-9-16(15)13-5-2-1-3-6-13/h1-11H. The van der Waals surface area contributed by atoms with Crippen molar-refractivity contribution in [2.45, 2.75) is 0 Å². The van der Waals surface area contributed by atoms with Crippen molar-refractivity contribution in [1.29, 1.82) is 0 Å². The summed E-state index contributed by atoms with van der Waals surface area (Å²) < 4.78 is 1.65. The van der Waals surface area contributed by atoms with Gasteiger partial charge >= 0.3 is 0 Å². The minimum absolute atomic E-state index is 0.00731. The van der Waals surface area contributed by atoms with E-state index in [-0.39, 0.29) is 5.56 Å². The predicted octanol–water partition coefficient (Wildman–Crippen LogP) is 3.57. The molecule has 2 aromatic heterocycles. The molecule has 3 rings (SSSR count). The number of hydrogen-bond acceptors (Lipinski definition) is 2. The summed E-state index contributed by atoms with van der Waals surface area (Å²) in [6.07, 6.45) is 1.83. The molecule has 0 N–H and O–H groups in total. The number of para-hydroxylation sites is 1. The number of thiophene rings is 1. The molecule has 3 heteroatoms. The highest BCUT2D eigenvalue weighted by Gasteiger charge is 2.03. The molecule has 2 nitrogen and oxygen atoms in total. The van der Waals surface area contributed by atoms with Crippen LogP contribution in [0, 0.1) is 0 Å². The Morgan fingerprint density at radius 3 is 2.44 bits per heavy atom. The molecule has 0 atom stereocenters. The van der Waals surface area contributed by atoms with Crippen LogP contribution in [0.25, 0.3) is 16.1 Å². The first-order chi connectivity index (χ1) is 8.84. The first kappa shape index (κ1) is 11.0. The van der Waals surface area contributed by atoms with Crippen molar-refractivity contribution in [2.75, 3.05) is 0 Å². The smallest absolute Gasteiger partial charge is 0.255 e. The lowest BCUT2D eigenvalue weighted by Gasteiger charge is -2.06. The number of rotatable bonds is 2. The van der Waals surface area contributed by atoms with Crippen LogP contribution in [0.4, 0.5) is 0 Å². The van der Waals surface area contributed by atoms with E-state index in [1.165, 1.54) is 0 Å². The minimum Gasteiger partial charge on any atom is -0.284 e. The lowest BCUT2D eigenvalue weighted by molar-refractivity contribution is 0.992. The largest absolute Gasteiger partial charge is 0.284 e. The summed E-state index contributed by atoms with van der Waals surface area (Å²) in [5.74, 6) is 0. The summed E-state index contributed by atoms with van der Waals surface area (Å²) in [6, 6.07) is 17.3. The molecule has 88 valence electrons. The molecule has 0 unspecified atom stereocenters. The van der Waals surface area contributed by atoms with E-state index in [9.17, 15) is 4.79 Å². The van der Waals surface area contributed by atoms with Crippen LogP contribution in [0.15, 0.2) is 71.0 Å². The summed E-state index contributed by atoms with van der Waals surface area (Å²) in [4.78, 5) is 13.2. The highest BCUT2D eigenvalue weighted by molar-refractivity contribution is 7.13. The lowest BCUT2D eigenvalue weighted by Crippen LogP contribution is -2.16. The van der Waals surface area contributed by atoms with E-state index in [1.54, 1.807) is 22.0 Å². The van der Waals surface area contributed by atoms with E-state index in [0.717, 1.165) is 16.1 Å². The van der Waals surface area contributed by atoms with Crippen molar-refractivity contribution in [3.8, 4) is 16.1 Å². The lowest BCUT2D eigenvalue weighted by atomic mass is 10.2. The second-order valence-corrected chi connectivity index (χ2v) is 4.88. The highest BCUT2D eigenvalue weighted by atomic mass is 32.1. The SMILES string of the molecule is O=c1cc(-c2cccs2)ccn1-c1ccccc1. The quantitative estimate of drug-likeness (QED) is 0.684. The Morgan fingerprint density at radius 1 is 0.944 bits per heavy atom. The van der Waals surface area contributed by atoms with E-state index < -0.39 is 0 Å². The molecule has 0 saturated carbocycles. The summed E-state index contributed by atoms with van der Waals surface area (Å²) >= 11 is 1.64. The van der Waals surface area contributed by atoms with Crippen molar-refractivity contribution < 1.29 is 0 Å². The number of aromatic nitrogens is 1. The average molecular weight is 253 g/mol. The zero-order valence-corrected chi connectivity index (χ0v) is 10.4. The topological polar surface area (TPSA) is 22.0 Å². The molecular formula is C15H11NOS. The molecule has 0 aliphatic rings. The fourth-order valence-corrected chi connectivity index (χ4v) is 2.60. The molecule has 0 aliphatic carbocycles. The first-order valence-electron chi connectivity index (χ1n) is 5.66. The molecule has 0 fully saturated rings. The summed E-state index contributed by atoms with van der Waals surface area (Å²) in [6.45, 7) is 0. The van der Waals surface area contributed by atoms with Gasteiger partial charge in [-0.3, -0.25) is 9.36 Å². The maximum atomic E-state index is 12.1. The summed E-state index contributed by atoms with van der Waals surface area (Å²) in [7, 11) is 0. The zero-order valence-electron chi connectivity index (χ0n) is 9.61. The summed E-state index contributed by atoms with van der Waals surface area (Å²) in [5.41, 5.74) is 1.86. The Labute approximate surface area is 109 Å². The number of hydrogen-bond donors (Lipinski definition) is 0. The van der Waals surface area contributed by atoms with Crippen molar-refractivity contribution in [1.82, 2.24) is 4.57 Å². The van der Waals surface area contributed by atoms with Crippen molar-refractivity contribution in [2.24, 2.45) is 0 Å². The normalized spacial score (nSPS) is 10.4. The zero-order chi connectivity index (χ0) is 12.4. The number of nitrogens with zero attached hydrogens (tertiary/aromatic N) is 1. The molecule has 0 bridgehead atoms. The van der Waals surface area contributed by atoms with E-state index in [2.05, 4.69) is 0 Å². The van der Waals surface area contributed by atoms with Crippen LogP contribution in [-0.2, 0) is 0 Å².